The first kappa shape index (κ1) is 9.49. The zero-order valence-electron chi connectivity index (χ0n) is 7.58. The average molecular weight is 181 g/mol. The Hall–Kier alpha value is -0.600. The van der Waals surface area contributed by atoms with Crippen LogP contribution in [-0.4, -0.2) is 12.6 Å². The van der Waals surface area contributed by atoms with Gasteiger partial charge in [-0.1, -0.05) is 26.0 Å². The monoisotopic (exact) mass is 181 g/mol. The lowest BCUT2D eigenvalue weighted by atomic mass is 10.3. The highest BCUT2D eigenvalue weighted by Crippen LogP contribution is 2.06. The Morgan fingerprint density at radius 2 is 2.42 bits per heavy atom. The maximum Gasteiger partial charge on any atom is 0.0140 e. The van der Waals surface area contributed by atoms with Crippen LogP contribution in [0.3, 0.4) is 0 Å². The molecule has 0 aromatic carbocycles. The van der Waals surface area contributed by atoms with Crippen molar-refractivity contribution in [2.45, 2.75) is 19.9 Å². The zero-order valence-corrected chi connectivity index (χ0v) is 8.40. The molecule has 0 aliphatic heterocycles. The summed E-state index contributed by atoms with van der Waals surface area (Å²) in [4.78, 5) is 0. The lowest BCUT2D eigenvalue weighted by molar-refractivity contribution is 0.633. The fourth-order valence-electron chi connectivity index (χ4n) is 0.869. The molecule has 0 aliphatic carbocycles. The second kappa shape index (κ2) is 5.12. The molecule has 2 heteroatoms. The molecule has 0 radical (unpaired) electrons. The molecule has 0 unspecified atom stereocenters. The average Bonchev–Trinajstić information content (AvgIpc) is 2.49. The Morgan fingerprint density at radius 3 is 3.00 bits per heavy atom. The normalized spacial score (nSPS) is 11.6. The molecule has 1 heterocycles. The van der Waals surface area contributed by atoms with E-state index in [1.807, 2.05) is 0 Å². The maximum absolute atomic E-state index is 3.32. The van der Waals surface area contributed by atoms with Crippen LogP contribution >= 0.6 is 11.3 Å². The molecule has 0 atom stereocenters. The van der Waals surface area contributed by atoms with Crippen LogP contribution in [0.4, 0.5) is 0 Å². The summed E-state index contributed by atoms with van der Waals surface area (Å²) in [6.07, 6.45) is 4.30. The van der Waals surface area contributed by atoms with Crippen LogP contribution < -0.4 is 5.32 Å². The Bertz CT molecular complexity index is 224. The van der Waals surface area contributed by atoms with Crippen LogP contribution in [0.2, 0.25) is 0 Å². The highest BCUT2D eigenvalue weighted by Gasteiger charge is 1.87. The molecule has 1 aromatic rings. The van der Waals surface area contributed by atoms with Gasteiger partial charge in [0.15, 0.2) is 0 Å². The van der Waals surface area contributed by atoms with Gasteiger partial charge in [-0.2, -0.15) is 11.3 Å². The van der Waals surface area contributed by atoms with Crippen LogP contribution in [-0.2, 0) is 0 Å². The molecule has 0 saturated heterocycles. The van der Waals surface area contributed by atoms with E-state index in [-0.39, 0.29) is 0 Å². The van der Waals surface area contributed by atoms with E-state index in [2.05, 4.69) is 48.1 Å². The van der Waals surface area contributed by atoms with Crippen LogP contribution in [0, 0.1) is 0 Å². The van der Waals surface area contributed by atoms with Gasteiger partial charge < -0.3 is 5.32 Å². The number of rotatable bonds is 4. The fraction of sp³-hybridized carbons (Fsp3) is 0.400. The summed E-state index contributed by atoms with van der Waals surface area (Å²) < 4.78 is 0. The van der Waals surface area contributed by atoms with Crippen molar-refractivity contribution in [1.82, 2.24) is 5.32 Å². The number of hydrogen-bond donors (Lipinski definition) is 1. The summed E-state index contributed by atoms with van der Waals surface area (Å²) in [5, 5.41) is 7.56. The van der Waals surface area contributed by atoms with Crippen molar-refractivity contribution in [2.75, 3.05) is 6.54 Å². The minimum Gasteiger partial charge on any atom is -0.311 e. The first-order chi connectivity index (χ1) is 5.79. The molecule has 1 rings (SSSR count). The molecule has 0 aliphatic rings. The number of thiophene rings is 1. The Kier molecular flexibility index (Phi) is 4.05. The molecule has 12 heavy (non-hydrogen) atoms. The van der Waals surface area contributed by atoms with Crippen molar-refractivity contribution >= 4 is 17.4 Å². The highest BCUT2D eigenvalue weighted by molar-refractivity contribution is 7.08. The molecule has 1 N–H and O–H groups in total. The van der Waals surface area contributed by atoms with Crippen LogP contribution in [0.25, 0.3) is 6.08 Å². The van der Waals surface area contributed by atoms with Crippen molar-refractivity contribution < 1.29 is 0 Å². The summed E-state index contributed by atoms with van der Waals surface area (Å²) in [5.41, 5.74) is 1.30. The summed E-state index contributed by atoms with van der Waals surface area (Å²) in [6.45, 7) is 5.25. The second-order valence-electron chi connectivity index (χ2n) is 3.02. The van der Waals surface area contributed by atoms with Gasteiger partial charge >= 0.3 is 0 Å². The van der Waals surface area contributed by atoms with Crippen LogP contribution in [0.15, 0.2) is 22.9 Å². The van der Waals surface area contributed by atoms with E-state index in [1.54, 1.807) is 11.3 Å². The largest absolute Gasteiger partial charge is 0.311 e. The SMILES string of the molecule is CC(C)NCC=Cc1ccsc1. The maximum atomic E-state index is 3.32. The Labute approximate surface area is 78.1 Å². The third-order valence-corrected chi connectivity index (χ3v) is 2.20. The molecule has 0 saturated carbocycles. The summed E-state index contributed by atoms with van der Waals surface area (Å²) in [7, 11) is 0. The topological polar surface area (TPSA) is 12.0 Å². The molecule has 66 valence electrons. The van der Waals surface area contributed by atoms with Crippen molar-refractivity contribution in [3.8, 4) is 0 Å². The van der Waals surface area contributed by atoms with Gasteiger partial charge in [-0.25, -0.2) is 0 Å². The van der Waals surface area contributed by atoms with Crippen molar-refractivity contribution in [3.05, 3.63) is 28.5 Å². The zero-order chi connectivity index (χ0) is 8.81. The van der Waals surface area contributed by atoms with E-state index in [0.717, 1.165) is 6.54 Å². The van der Waals surface area contributed by atoms with E-state index in [9.17, 15) is 0 Å². The van der Waals surface area contributed by atoms with E-state index < -0.39 is 0 Å². The van der Waals surface area contributed by atoms with E-state index in [1.165, 1.54) is 5.56 Å². The highest BCUT2D eigenvalue weighted by atomic mass is 32.1. The molecule has 1 nitrogen and oxygen atoms in total. The fourth-order valence-corrected chi connectivity index (χ4v) is 1.50. The molecule has 0 bridgehead atoms. The van der Waals surface area contributed by atoms with Gasteiger partial charge in [0.2, 0.25) is 0 Å². The molecule has 1 aromatic heterocycles. The predicted molar refractivity (Wildman–Crippen MR) is 56.5 cm³/mol. The Morgan fingerprint density at radius 1 is 1.58 bits per heavy atom. The van der Waals surface area contributed by atoms with Crippen molar-refractivity contribution in [2.24, 2.45) is 0 Å². The second-order valence-corrected chi connectivity index (χ2v) is 3.80. The number of hydrogen-bond acceptors (Lipinski definition) is 2. The summed E-state index contributed by atoms with van der Waals surface area (Å²) >= 11 is 1.73. The third-order valence-electron chi connectivity index (χ3n) is 1.50. The van der Waals surface area contributed by atoms with Crippen LogP contribution in [0.1, 0.15) is 19.4 Å². The smallest absolute Gasteiger partial charge is 0.0140 e. The van der Waals surface area contributed by atoms with Crippen molar-refractivity contribution in [1.29, 1.82) is 0 Å². The lowest BCUT2D eigenvalue weighted by Gasteiger charge is -2.02. The number of nitrogens with one attached hydrogen (secondary N) is 1. The van der Waals surface area contributed by atoms with Crippen LogP contribution in [0.5, 0.6) is 0 Å². The quantitative estimate of drug-likeness (QED) is 0.753. The molecule has 0 fully saturated rings. The Balaban J connectivity index is 2.23. The first-order valence-electron chi connectivity index (χ1n) is 4.21. The van der Waals surface area contributed by atoms with Gasteiger partial charge in [0, 0.05) is 12.6 Å². The summed E-state index contributed by atoms with van der Waals surface area (Å²) in [6, 6.07) is 2.69. The minimum absolute atomic E-state index is 0.567. The lowest BCUT2D eigenvalue weighted by Crippen LogP contribution is -2.22. The first-order valence-corrected chi connectivity index (χ1v) is 5.15. The van der Waals surface area contributed by atoms with E-state index >= 15 is 0 Å². The van der Waals surface area contributed by atoms with Gasteiger partial charge in [-0.05, 0) is 22.4 Å². The van der Waals surface area contributed by atoms with Gasteiger partial charge in [0.05, 0.1) is 0 Å². The van der Waals surface area contributed by atoms with Crippen molar-refractivity contribution in [3.63, 3.8) is 0 Å². The molecular formula is C10H15NS. The minimum atomic E-state index is 0.567. The molecule has 0 spiro atoms. The standard InChI is InChI=1S/C10H15NS/c1-9(2)11-6-3-4-10-5-7-12-8-10/h3-5,7-9,11H,6H2,1-2H3. The van der Waals surface area contributed by atoms with E-state index in [0.29, 0.717) is 6.04 Å². The van der Waals surface area contributed by atoms with Gasteiger partial charge in [0.25, 0.3) is 0 Å². The van der Waals surface area contributed by atoms with Gasteiger partial charge in [0.1, 0.15) is 0 Å². The summed E-state index contributed by atoms with van der Waals surface area (Å²) in [5.74, 6) is 0. The molecule has 0 amide bonds. The van der Waals surface area contributed by atoms with E-state index in [4.69, 9.17) is 0 Å². The molecular weight excluding hydrogens is 166 g/mol. The predicted octanol–water partition coefficient (Wildman–Crippen LogP) is 2.76. The van der Waals surface area contributed by atoms with Gasteiger partial charge in [-0.3, -0.25) is 0 Å². The van der Waals surface area contributed by atoms with Gasteiger partial charge in [-0.15, -0.1) is 0 Å². The third kappa shape index (κ3) is 3.69.